The van der Waals surface area contributed by atoms with Crippen LogP contribution in [0.2, 0.25) is 0 Å². The highest BCUT2D eigenvalue weighted by Gasteiger charge is 2.01. The lowest BCUT2D eigenvalue weighted by Crippen LogP contribution is -1.98. The normalized spacial score (nSPS) is 11.3. The molecule has 0 spiro atoms. The van der Waals surface area contributed by atoms with Crippen LogP contribution in [0.15, 0.2) is 115 Å². The fourth-order valence-electron chi connectivity index (χ4n) is 3.82. The van der Waals surface area contributed by atoms with Crippen LogP contribution in [-0.2, 0) is 0 Å². The van der Waals surface area contributed by atoms with Gasteiger partial charge in [-0.15, -0.1) is 0 Å². The highest BCUT2D eigenvalue weighted by atomic mass is 14.9. The lowest BCUT2D eigenvalue weighted by Gasteiger charge is -2.03. The zero-order chi connectivity index (χ0) is 23.9. The van der Waals surface area contributed by atoms with E-state index in [1.165, 1.54) is 22.3 Å². The molecule has 168 valence electrons. The third kappa shape index (κ3) is 5.60. The maximum Gasteiger partial charge on any atom is 0.149 e. The van der Waals surface area contributed by atoms with Gasteiger partial charge in [-0.1, -0.05) is 121 Å². The monoisotopic (exact) mass is 451 g/mol. The molecule has 1 heterocycles. The van der Waals surface area contributed by atoms with Gasteiger partial charge in [0.1, 0.15) is 11.5 Å². The molecular weight excluding hydrogens is 426 g/mol. The van der Waals surface area contributed by atoms with Crippen molar-refractivity contribution in [3.63, 3.8) is 0 Å². The molecule has 4 aromatic carbocycles. The van der Waals surface area contributed by atoms with Gasteiger partial charge < -0.3 is 5.73 Å². The van der Waals surface area contributed by atoms with E-state index in [2.05, 4.69) is 94.9 Å². The van der Waals surface area contributed by atoms with E-state index in [1.807, 2.05) is 48.6 Å². The van der Waals surface area contributed by atoms with Crippen molar-refractivity contribution >= 4 is 30.1 Å². The van der Waals surface area contributed by atoms with Gasteiger partial charge in [-0.3, -0.25) is 0 Å². The number of nitrogen functional groups attached to an aromatic ring is 1. The number of hydrogen-bond donors (Lipinski definition) is 1. The van der Waals surface area contributed by atoms with Crippen molar-refractivity contribution in [3.8, 4) is 22.3 Å². The molecule has 0 amide bonds. The first-order valence-electron chi connectivity index (χ1n) is 11.5. The molecule has 0 aliphatic carbocycles. The first-order valence-corrected chi connectivity index (χ1v) is 11.5. The Bertz CT molecular complexity index is 1450. The van der Waals surface area contributed by atoms with Crippen LogP contribution in [0.5, 0.6) is 0 Å². The number of nitrogens with zero attached hydrogens (tertiary/aromatic N) is 2. The van der Waals surface area contributed by atoms with Crippen molar-refractivity contribution in [1.29, 1.82) is 0 Å². The molecule has 0 aliphatic heterocycles. The van der Waals surface area contributed by atoms with E-state index in [1.54, 1.807) is 6.20 Å². The molecule has 5 aromatic rings. The summed E-state index contributed by atoms with van der Waals surface area (Å²) < 4.78 is 0. The summed E-state index contributed by atoms with van der Waals surface area (Å²) in [5.74, 6) is 0.409. The molecule has 0 radical (unpaired) electrons. The fraction of sp³-hybridized carbons (Fsp3) is 0. The van der Waals surface area contributed by atoms with Gasteiger partial charge in [-0.25, -0.2) is 9.97 Å². The summed E-state index contributed by atoms with van der Waals surface area (Å²) in [5.41, 5.74) is 14.4. The molecular formula is C32H25N3. The first-order chi connectivity index (χ1) is 17.2. The van der Waals surface area contributed by atoms with Gasteiger partial charge in [0.05, 0.1) is 11.9 Å². The summed E-state index contributed by atoms with van der Waals surface area (Å²) >= 11 is 0. The van der Waals surface area contributed by atoms with Crippen LogP contribution in [-0.4, -0.2) is 9.97 Å². The first kappa shape index (κ1) is 22.1. The summed E-state index contributed by atoms with van der Waals surface area (Å²) in [6, 6.07) is 37.6. The average Bonchev–Trinajstić information content (AvgIpc) is 2.93. The van der Waals surface area contributed by atoms with E-state index in [4.69, 9.17) is 5.73 Å². The minimum atomic E-state index is 0.409. The fourth-order valence-corrected chi connectivity index (χ4v) is 3.82. The Kier molecular flexibility index (Phi) is 6.58. The SMILES string of the molecule is Nc1ncc(/C=C/c2ccc(-c3ccccc3)cc2)nc1/C=C/c1ccc(-c2ccccc2)cc1. The Morgan fingerprint density at radius 2 is 0.943 bits per heavy atom. The average molecular weight is 452 g/mol. The minimum Gasteiger partial charge on any atom is -0.382 e. The van der Waals surface area contributed by atoms with E-state index in [-0.39, 0.29) is 0 Å². The van der Waals surface area contributed by atoms with E-state index in [9.17, 15) is 0 Å². The number of aromatic nitrogens is 2. The standard InChI is InChI=1S/C32H25N3/c33-32-31(22-16-25-13-19-29(20-14-25)27-9-5-2-6-10-27)35-30(23-34-32)21-15-24-11-17-28(18-12-24)26-7-3-1-4-8-26/h1-23H,(H2,33,34)/b21-15+,22-16+. The van der Waals surface area contributed by atoms with E-state index in [0.717, 1.165) is 16.8 Å². The summed E-state index contributed by atoms with van der Waals surface area (Å²) in [5, 5.41) is 0. The van der Waals surface area contributed by atoms with Gasteiger partial charge in [0.25, 0.3) is 0 Å². The molecule has 5 rings (SSSR count). The lowest BCUT2D eigenvalue weighted by atomic mass is 10.0. The molecule has 3 nitrogen and oxygen atoms in total. The minimum absolute atomic E-state index is 0.409. The van der Waals surface area contributed by atoms with E-state index >= 15 is 0 Å². The zero-order valence-electron chi connectivity index (χ0n) is 19.3. The zero-order valence-corrected chi connectivity index (χ0v) is 19.3. The molecule has 1 aromatic heterocycles. The van der Waals surface area contributed by atoms with Crippen molar-refractivity contribution in [3.05, 3.63) is 138 Å². The quantitative estimate of drug-likeness (QED) is 0.287. The van der Waals surface area contributed by atoms with Crippen LogP contribution < -0.4 is 5.73 Å². The van der Waals surface area contributed by atoms with Crippen molar-refractivity contribution in [2.45, 2.75) is 0 Å². The van der Waals surface area contributed by atoms with Gasteiger partial charge in [-0.05, 0) is 45.5 Å². The maximum absolute atomic E-state index is 6.08. The van der Waals surface area contributed by atoms with Crippen LogP contribution in [0.3, 0.4) is 0 Å². The number of hydrogen-bond acceptors (Lipinski definition) is 3. The predicted molar refractivity (Wildman–Crippen MR) is 148 cm³/mol. The third-order valence-electron chi connectivity index (χ3n) is 5.76. The largest absolute Gasteiger partial charge is 0.382 e. The summed E-state index contributed by atoms with van der Waals surface area (Å²) in [7, 11) is 0. The number of rotatable bonds is 6. The Balaban J connectivity index is 1.29. The van der Waals surface area contributed by atoms with Crippen LogP contribution in [0, 0.1) is 0 Å². The van der Waals surface area contributed by atoms with Crippen molar-refractivity contribution < 1.29 is 0 Å². The molecule has 0 aliphatic rings. The van der Waals surface area contributed by atoms with Crippen LogP contribution in [0.1, 0.15) is 22.5 Å². The second-order valence-electron chi connectivity index (χ2n) is 8.21. The Morgan fingerprint density at radius 1 is 0.486 bits per heavy atom. The smallest absolute Gasteiger partial charge is 0.149 e. The topological polar surface area (TPSA) is 51.8 Å². The lowest BCUT2D eigenvalue weighted by molar-refractivity contribution is 1.17. The second kappa shape index (κ2) is 10.4. The molecule has 0 unspecified atom stereocenters. The van der Waals surface area contributed by atoms with Gasteiger partial charge in [-0.2, -0.15) is 0 Å². The molecule has 35 heavy (non-hydrogen) atoms. The molecule has 2 N–H and O–H groups in total. The predicted octanol–water partition coefficient (Wildman–Crippen LogP) is 7.73. The molecule has 0 fully saturated rings. The summed E-state index contributed by atoms with van der Waals surface area (Å²) in [6.45, 7) is 0. The molecule has 0 saturated carbocycles. The van der Waals surface area contributed by atoms with E-state index < -0.39 is 0 Å². The van der Waals surface area contributed by atoms with Crippen molar-refractivity contribution in [1.82, 2.24) is 9.97 Å². The van der Waals surface area contributed by atoms with Crippen LogP contribution in [0.25, 0.3) is 46.6 Å². The van der Waals surface area contributed by atoms with Gasteiger partial charge >= 0.3 is 0 Å². The summed E-state index contributed by atoms with van der Waals surface area (Å²) in [4.78, 5) is 9.00. The molecule has 0 bridgehead atoms. The highest BCUT2D eigenvalue weighted by molar-refractivity contribution is 5.76. The van der Waals surface area contributed by atoms with Crippen molar-refractivity contribution in [2.75, 3.05) is 5.73 Å². The van der Waals surface area contributed by atoms with Crippen LogP contribution >= 0.6 is 0 Å². The van der Waals surface area contributed by atoms with Gasteiger partial charge in [0.2, 0.25) is 0 Å². The maximum atomic E-state index is 6.08. The van der Waals surface area contributed by atoms with Crippen molar-refractivity contribution in [2.24, 2.45) is 0 Å². The van der Waals surface area contributed by atoms with Gasteiger partial charge in [0, 0.05) is 0 Å². The second-order valence-corrected chi connectivity index (χ2v) is 8.21. The summed E-state index contributed by atoms with van der Waals surface area (Å²) in [6.07, 6.45) is 9.59. The number of benzene rings is 4. The Labute approximate surface area is 206 Å². The van der Waals surface area contributed by atoms with E-state index in [0.29, 0.717) is 11.5 Å². The number of anilines is 1. The molecule has 0 saturated heterocycles. The third-order valence-corrected chi connectivity index (χ3v) is 5.76. The highest BCUT2D eigenvalue weighted by Crippen LogP contribution is 2.22. The number of nitrogens with two attached hydrogens (primary N) is 1. The molecule has 0 atom stereocenters. The Hall–Kier alpha value is -4.76. The van der Waals surface area contributed by atoms with Crippen LogP contribution in [0.4, 0.5) is 5.82 Å². The molecule has 3 heteroatoms. The Morgan fingerprint density at radius 3 is 1.46 bits per heavy atom. The van der Waals surface area contributed by atoms with Gasteiger partial charge in [0.15, 0.2) is 0 Å².